The molecule has 0 radical (unpaired) electrons. The molecule has 1 heterocycles. The van der Waals surface area contributed by atoms with Crippen molar-refractivity contribution in [3.63, 3.8) is 0 Å². The number of carboxylic acid groups (broad SMARTS) is 1. The fourth-order valence-electron chi connectivity index (χ4n) is 3.43. The standard InChI is InChI=1S/C22H32O6S/c1-27-14-17-5-2-4-16(12-17)13-18(23)7-8-19-20(24)15-28-21(19)9-11-29-10-3-6-22(25)26/h2,4-5,7-8,12,18-21,23-24H,3,6,9-11,13-15H2,1H3,(H,25,26)/b8-7+/t18-,19+,20+,21-/m1/s1. The molecule has 1 aliphatic rings. The van der Waals surface area contributed by atoms with Crippen LogP contribution in [0.25, 0.3) is 0 Å². The lowest BCUT2D eigenvalue weighted by molar-refractivity contribution is -0.137. The van der Waals surface area contributed by atoms with Crippen molar-refractivity contribution in [3.05, 3.63) is 47.5 Å². The molecule has 7 heteroatoms. The van der Waals surface area contributed by atoms with Crippen LogP contribution in [0.15, 0.2) is 36.4 Å². The first-order valence-electron chi connectivity index (χ1n) is 10.0. The smallest absolute Gasteiger partial charge is 0.303 e. The molecule has 6 nitrogen and oxygen atoms in total. The summed E-state index contributed by atoms with van der Waals surface area (Å²) in [6.45, 7) is 0.847. The van der Waals surface area contributed by atoms with Crippen molar-refractivity contribution >= 4 is 17.7 Å². The number of hydrogen-bond donors (Lipinski definition) is 3. The van der Waals surface area contributed by atoms with Crippen LogP contribution in [0.3, 0.4) is 0 Å². The summed E-state index contributed by atoms with van der Waals surface area (Å²) in [4.78, 5) is 10.5. The highest BCUT2D eigenvalue weighted by molar-refractivity contribution is 7.99. The molecule has 2 rings (SSSR count). The molecule has 1 fully saturated rings. The van der Waals surface area contributed by atoms with Gasteiger partial charge in [0.15, 0.2) is 0 Å². The van der Waals surface area contributed by atoms with Gasteiger partial charge in [-0.05, 0) is 35.5 Å². The molecule has 0 unspecified atom stereocenters. The lowest BCUT2D eigenvalue weighted by Gasteiger charge is -2.17. The Hall–Kier alpha value is -1.38. The minimum absolute atomic E-state index is 0.0783. The van der Waals surface area contributed by atoms with E-state index in [1.54, 1.807) is 24.9 Å². The van der Waals surface area contributed by atoms with Gasteiger partial charge in [0.25, 0.3) is 0 Å². The Labute approximate surface area is 176 Å². The molecule has 1 aromatic carbocycles. The number of aliphatic hydroxyl groups excluding tert-OH is 2. The lowest BCUT2D eigenvalue weighted by atomic mass is 9.95. The van der Waals surface area contributed by atoms with Crippen LogP contribution in [-0.2, 0) is 27.3 Å². The topological polar surface area (TPSA) is 96.2 Å². The second-order valence-corrected chi connectivity index (χ2v) is 8.55. The predicted molar refractivity (Wildman–Crippen MR) is 114 cm³/mol. The van der Waals surface area contributed by atoms with E-state index in [1.165, 1.54) is 0 Å². The van der Waals surface area contributed by atoms with Gasteiger partial charge in [-0.2, -0.15) is 11.8 Å². The Morgan fingerprint density at radius 3 is 2.93 bits per heavy atom. The summed E-state index contributed by atoms with van der Waals surface area (Å²) in [6.07, 6.45) is 4.50. The highest BCUT2D eigenvalue weighted by Gasteiger charge is 2.33. The van der Waals surface area contributed by atoms with E-state index in [-0.39, 0.29) is 18.4 Å². The van der Waals surface area contributed by atoms with Gasteiger partial charge in [0, 0.05) is 25.9 Å². The van der Waals surface area contributed by atoms with Crippen molar-refractivity contribution in [3.8, 4) is 0 Å². The number of methoxy groups -OCH3 is 1. The fourth-order valence-corrected chi connectivity index (χ4v) is 4.38. The molecule has 162 valence electrons. The molecule has 0 spiro atoms. The summed E-state index contributed by atoms with van der Waals surface area (Å²) in [5.74, 6) is 0.769. The van der Waals surface area contributed by atoms with E-state index in [4.69, 9.17) is 14.6 Å². The van der Waals surface area contributed by atoms with E-state index in [1.807, 2.05) is 30.3 Å². The van der Waals surface area contributed by atoms with Crippen LogP contribution >= 0.6 is 11.8 Å². The van der Waals surface area contributed by atoms with Gasteiger partial charge in [0.05, 0.1) is 31.5 Å². The third kappa shape index (κ3) is 8.88. The van der Waals surface area contributed by atoms with E-state index in [0.717, 1.165) is 29.1 Å². The average molecular weight is 425 g/mol. The van der Waals surface area contributed by atoms with Gasteiger partial charge in [-0.1, -0.05) is 36.4 Å². The second kappa shape index (κ2) is 13.0. The summed E-state index contributed by atoms with van der Waals surface area (Å²) in [7, 11) is 1.66. The van der Waals surface area contributed by atoms with Gasteiger partial charge in [-0.15, -0.1) is 0 Å². The largest absolute Gasteiger partial charge is 0.481 e. The summed E-state index contributed by atoms with van der Waals surface area (Å²) in [5, 5.41) is 29.2. The first kappa shape index (κ1) is 23.9. The average Bonchev–Trinajstić information content (AvgIpc) is 3.03. The summed E-state index contributed by atoms with van der Waals surface area (Å²) in [6, 6.07) is 7.96. The van der Waals surface area contributed by atoms with Crippen LogP contribution in [0.4, 0.5) is 0 Å². The van der Waals surface area contributed by atoms with Crippen molar-refractivity contribution in [2.24, 2.45) is 5.92 Å². The van der Waals surface area contributed by atoms with Crippen LogP contribution in [0, 0.1) is 5.92 Å². The van der Waals surface area contributed by atoms with Gasteiger partial charge in [-0.3, -0.25) is 4.79 Å². The van der Waals surface area contributed by atoms with Crippen molar-refractivity contribution in [1.29, 1.82) is 0 Å². The molecule has 29 heavy (non-hydrogen) atoms. The zero-order valence-corrected chi connectivity index (χ0v) is 17.7. The third-order valence-corrected chi connectivity index (χ3v) is 5.99. The maximum absolute atomic E-state index is 10.5. The number of ether oxygens (including phenoxy) is 2. The quantitative estimate of drug-likeness (QED) is 0.331. The molecule has 0 aliphatic carbocycles. The van der Waals surface area contributed by atoms with Crippen molar-refractivity contribution in [2.75, 3.05) is 25.2 Å². The lowest BCUT2D eigenvalue weighted by Crippen LogP contribution is -2.23. The van der Waals surface area contributed by atoms with Crippen LogP contribution < -0.4 is 0 Å². The van der Waals surface area contributed by atoms with Crippen LogP contribution in [0.2, 0.25) is 0 Å². The van der Waals surface area contributed by atoms with E-state index < -0.39 is 18.2 Å². The zero-order chi connectivity index (χ0) is 21.1. The minimum atomic E-state index is -0.762. The normalized spacial score (nSPS) is 22.9. The minimum Gasteiger partial charge on any atom is -0.481 e. The molecule has 1 aliphatic heterocycles. The highest BCUT2D eigenvalue weighted by atomic mass is 32.2. The van der Waals surface area contributed by atoms with E-state index in [9.17, 15) is 15.0 Å². The number of thioether (sulfide) groups is 1. The Morgan fingerprint density at radius 2 is 2.17 bits per heavy atom. The summed E-state index contributed by atoms with van der Waals surface area (Å²) >= 11 is 1.71. The van der Waals surface area contributed by atoms with Crippen molar-refractivity contribution < 1.29 is 29.6 Å². The number of hydrogen-bond acceptors (Lipinski definition) is 6. The molecule has 4 atom stereocenters. The highest BCUT2D eigenvalue weighted by Crippen LogP contribution is 2.27. The van der Waals surface area contributed by atoms with Gasteiger partial charge in [0.1, 0.15) is 0 Å². The fraction of sp³-hybridized carbons (Fsp3) is 0.591. The number of rotatable bonds is 13. The first-order valence-corrected chi connectivity index (χ1v) is 11.2. The van der Waals surface area contributed by atoms with Crippen molar-refractivity contribution in [2.45, 2.75) is 50.6 Å². The van der Waals surface area contributed by atoms with E-state index in [0.29, 0.717) is 26.1 Å². The van der Waals surface area contributed by atoms with Gasteiger partial charge >= 0.3 is 5.97 Å². The number of aliphatic hydroxyl groups is 2. The Balaban J connectivity index is 1.78. The van der Waals surface area contributed by atoms with Crippen LogP contribution in [0.5, 0.6) is 0 Å². The molecule has 3 N–H and O–H groups in total. The maximum atomic E-state index is 10.5. The van der Waals surface area contributed by atoms with Crippen molar-refractivity contribution in [1.82, 2.24) is 0 Å². The SMILES string of the molecule is COCc1cccc(C[C@H](O)/C=C/[C@H]2[C@@H](O)CO[C@@H]2CCSCCCC(=O)O)c1. The first-order chi connectivity index (χ1) is 14.0. The Bertz CT molecular complexity index is 650. The molecule has 1 saturated heterocycles. The van der Waals surface area contributed by atoms with Gasteiger partial charge < -0.3 is 24.8 Å². The monoisotopic (exact) mass is 424 g/mol. The molecule has 0 saturated carbocycles. The number of carbonyl (C=O) groups is 1. The maximum Gasteiger partial charge on any atom is 0.303 e. The molecule has 0 aromatic heterocycles. The summed E-state index contributed by atoms with van der Waals surface area (Å²) in [5.41, 5.74) is 2.11. The number of aliphatic carboxylic acids is 1. The molecule has 1 aromatic rings. The molecular weight excluding hydrogens is 392 g/mol. The predicted octanol–water partition coefficient (Wildman–Crippen LogP) is 2.66. The second-order valence-electron chi connectivity index (χ2n) is 7.32. The molecule has 0 amide bonds. The zero-order valence-electron chi connectivity index (χ0n) is 16.9. The van der Waals surface area contributed by atoms with Gasteiger partial charge in [0.2, 0.25) is 0 Å². The van der Waals surface area contributed by atoms with Gasteiger partial charge in [-0.25, -0.2) is 0 Å². The Kier molecular flexibility index (Phi) is 10.7. The van der Waals surface area contributed by atoms with E-state index >= 15 is 0 Å². The third-order valence-electron chi connectivity index (χ3n) is 4.88. The van der Waals surface area contributed by atoms with E-state index in [2.05, 4.69) is 0 Å². The molecule has 0 bridgehead atoms. The van der Waals surface area contributed by atoms with Crippen LogP contribution in [-0.4, -0.2) is 64.8 Å². The van der Waals surface area contributed by atoms with Crippen LogP contribution in [0.1, 0.15) is 30.4 Å². The number of carboxylic acids is 1. The summed E-state index contributed by atoms with van der Waals surface area (Å²) < 4.78 is 10.9. The molecular formula is C22H32O6S. The number of benzene rings is 1. The Morgan fingerprint density at radius 1 is 1.38 bits per heavy atom.